The van der Waals surface area contributed by atoms with Crippen LogP contribution in [0, 0.1) is 5.41 Å². The molecule has 0 spiro atoms. The van der Waals surface area contributed by atoms with Gasteiger partial charge in [-0.1, -0.05) is 6.42 Å². The first-order chi connectivity index (χ1) is 5.85. The molecule has 0 N–H and O–H groups in total. The highest BCUT2D eigenvalue weighted by molar-refractivity contribution is 7.09. The van der Waals surface area contributed by atoms with Crippen LogP contribution in [0.1, 0.15) is 24.1 Å². The minimum absolute atomic E-state index is 0.0213. The van der Waals surface area contributed by atoms with E-state index >= 15 is 0 Å². The van der Waals surface area contributed by atoms with Crippen molar-refractivity contribution in [2.24, 2.45) is 5.41 Å². The predicted octanol–water partition coefficient (Wildman–Crippen LogP) is 2.05. The number of carbonyl (C=O) groups is 1. The summed E-state index contributed by atoms with van der Waals surface area (Å²) < 4.78 is 0. The number of hydrogen-bond acceptors (Lipinski definition) is 3. The Bertz CT molecular complexity index is 264. The second-order valence-electron chi connectivity index (χ2n) is 3.48. The molecule has 1 aromatic rings. The van der Waals surface area contributed by atoms with Crippen LogP contribution in [-0.4, -0.2) is 11.3 Å². The van der Waals surface area contributed by atoms with Crippen molar-refractivity contribution in [2.75, 3.05) is 0 Å². The van der Waals surface area contributed by atoms with Gasteiger partial charge in [0, 0.05) is 16.5 Å². The molecule has 64 valence electrons. The molecule has 1 aromatic heterocycles. The van der Waals surface area contributed by atoms with Gasteiger partial charge in [0.05, 0.1) is 5.51 Å². The molecule has 0 saturated heterocycles. The van der Waals surface area contributed by atoms with E-state index in [2.05, 4.69) is 4.98 Å². The van der Waals surface area contributed by atoms with Crippen molar-refractivity contribution >= 4 is 17.6 Å². The number of aromatic nitrogens is 1. The summed E-state index contributed by atoms with van der Waals surface area (Å²) in [5.41, 5.74) is 1.80. The Balaban J connectivity index is 2.06. The molecule has 12 heavy (non-hydrogen) atoms. The summed E-state index contributed by atoms with van der Waals surface area (Å²) in [5, 5.41) is 0. The monoisotopic (exact) mass is 181 g/mol. The number of rotatable bonds is 3. The minimum atomic E-state index is -0.0213. The Morgan fingerprint density at radius 3 is 2.92 bits per heavy atom. The summed E-state index contributed by atoms with van der Waals surface area (Å²) in [6, 6.07) is 0. The number of aldehydes is 1. The summed E-state index contributed by atoms with van der Waals surface area (Å²) in [6.07, 6.45) is 7.24. The maximum Gasteiger partial charge on any atom is 0.126 e. The zero-order valence-electron chi connectivity index (χ0n) is 6.82. The number of thiazole rings is 1. The van der Waals surface area contributed by atoms with Gasteiger partial charge in [-0.3, -0.25) is 4.98 Å². The number of hydrogen-bond donors (Lipinski definition) is 0. The van der Waals surface area contributed by atoms with E-state index in [4.69, 9.17) is 0 Å². The van der Waals surface area contributed by atoms with Gasteiger partial charge in [0.25, 0.3) is 0 Å². The molecule has 1 fully saturated rings. The van der Waals surface area contributed by atoms with Gasteiger partial charge in [-0.05, 0) is 19.3 Å². The van der Waals surface area contributed by atoms with E-state index in [9.17, 15) is 4.79 Å². The summed E-state index contributed by atoms with van der Waals surface area (Å²) in [7, 11) is 0. The zero-order chi connectivity index (χ0) is 8.44. The quantitative estimate of drug-likeness (QED) is 0.668. The van der Waals surface area contributed by atoms with Crippen molar-refractivity contribution in [1.29, 1.82) is 0 Å². The highest BCUT2D eigenvalue weighted by Crippen LogP contribution is 2.42. The van der Waals surface area contributed by atoms with Crippen molar-refractivity contribution in [3.63, 3.8) is 0 Å². The van der Waals surface area contributed by atoms with Crippen molar-refractivity contribution in [3.05, 3.63) is 16.6 Å². The first-order valence-electron chi connectivity index (χ1n) is 4.18. The highest BCUT2D eigenvalue weighted by atomic mass is 32.1. The van der Waals surface area contributed by atoms with Gasteiger partial charge in [-0.25, -0.2) is 0 Å². The second-order valence-corrected chi connectivity index (χ2v) is 4.45. The molecule has 1 aliphatic carbocycles. The summed E-state index contributed by atoms with van der Waals surface area (Å²) in [5.74, 6) is 0. The molecule has 0 bridgehead atoms. The number of nitrogens with zero attached hydrogens (tertiary/aromatic N) is 1. The largest absolute Gasteiger partial charge is 0.303 e. The molecule has 1 aliphatic rings. The Labute approximate surface area is 75.6 Å². The van der Waals surface area contributed by atoms with Crippen LogP contribution < -0.4 is 0 Å². The lowest BCUT2D eigenvalue weighted by atomic mass is 9.68. The van der Waals surface area contributed by atoms with Crippen LogP contribution in [0.15, 0.2) is 11.7 Å². The van der Waals surface area contributed by atoms with Gasteiger partial charge in [0.1, 0.15) is 6.29 Å². The Morgan fingerprint density at radius 1 is 1.67 bits per heavy atom. The van der Waals surface area contributed by atoms with E-state index in [1.165, 1.54) is 11.3 Å². The summed E-state index contributed by atoms with van der Waals surface area (Å²) >= 11 is 1.64. The van der Waals surface area contributed by atoms with Crippen LogP contribution in [0.25, 0.3) is 0 Å². The van der Waals surface area contributed by atoms with E-state index in [0.29, 0.717) is 0 Å². The number of carbonyl (C=O) groups excluding carboxylic acids is 1. The van der Waals surface area contributed by atoms with E-state index < -0.39 is 0 Å². The molecule has 1 heterocycles. The van der Waals surface area contributed by atoms with Crippen LogP contribution in [-0.2, 0) is 11.2 Å². The predicted molar refractivity (Wildman–Crippen MR) is 48.2 cm³/mol. The van der Waals surface area contributed by atoms with Crippen LogP contribution in [0.5, 0.6) is 0 Å². The average molecular weight is 181 g/mol. The second kappa shape index (κ2) is 2.98. The normalized spacial score (nSPS) is 20.0. The minimum Gasteiger partial charge on any atom is -0.303 e. The van der Waals surface area contributed by atoms with E-state index in [1.54, 1.807) is 11.3 Å². The molecule has 0 unspecified atom stereocenters. The molecule has 0 atom stereocenters. The standard InChI is InChI=1S/C9H11NOS/c11-6-9(2-1-3-9)4-8-5-10-7-12-8/h5-7H,1-4H2. The Hall–Kier alpha value is -0.700. The Morgan fingerprint density at radius 2 is 2.50 bits per heavy atom. The summed E-state index contributed by atoms with van der Waals surface area (Å²) in [6.45, 7) is 0. The third-order valence-electron chi connectivity index (χ3n) is 2.61. The third-order valence-corrected chi connectivity index (χ3v) is 3.39. The van der Waals surface area contributed by atoms with Crippen molar-refractivity contribution < 1.29 is 4.79 Å². The first-order valence-corrected chi connectivity index (χ1v) is 5.06. The molecule has 1 saturated carbocycles. The van der Waals surface area contributed by atoms with Gasteiger partial charge in [0.15, 0.2) is 0 Å². The molecule has 2 rings (SSSR count). The molecular formula is C9H11NOS. The fraction of sp³-hybridized carbons (Fsp3) is 0.556. The van der Waals surface area contributed by atoms with Crippen molar-refractivity contribution in [2.45, 2.75) is 25.7 Å². The highest BCUT2D eigenvalue weighted by Gasteiger charge is 2.36. The van der Waals surface area contributed by atoms with Gasteiger partial charge in [-0.2, -0.15) is 0 Å². The average Bonchev–Trinajstić information content (AvgIpc) is 2.49. The zero-order valence-corrected chi connectivity index (χ0v) is 7.64. The van der Waals surface area contributed by atoms with E-state index in [1.807, 2.05) is 11.7 Å². The molecular weight excluding hydrogens is 170 g/mol. The lowest BCUT2D eigenvalue weighted by Crippen LogP contribution is -2.32. The smallest absolute Gasteiger partial charge is 0.126 e. The van der Waals surface area contributed by atoms with Crippen LogP contribution >= 0.6 is 11.3 Å². The van der Waals surface area contributed by atoms with Crippen LogP contribution in [0.2, 0.25) is 0 Å². The third kappa shape index (κ3) is 1.29. The fourth-order valence-corrected chi connectivity index (χ4v) is 2.39. The fourth-order valence-electron chi connectivity index (χ4n) is 1.64. The van der Waals surface area contributed by atoms with Gasteiger partial charge >= 0.3 is 0 Å². The van der Waals surface area contributed by atoms with Gasteiger partial charge < -0.3 is 4.79 Å². The van der Waals surface area contributed by atoms with Crippen LogP contribution in [0.4, 0.5) is 0 Å². The van der Waals surface area contributed by atoms with E-state index in [0.717, 1.165) is 25.5 Å². The van der Waals surface area contributed by atoms with Gasteiger partial charge in [-0.15, -0.1) is 11.3 Å². The molecule has 2 nitrogen and oxygen atoms in total. The molecule has 0 aliphatic heterocycles. The molecule has 0 aromatic carbocycles. The molecule has 0 amide bonds. The topological polar surface area (TPSA) is 30.0 Å². The van der Waals surface area contributed by atoms with Crippen LogP contribution in [0.3, 0.4) is 0 Å². The lowest BCUT2D eigenvalue weighted by Gasteiger charge is -2.36. The molecule has 0 radical (unpaired) electrons. The maximum absolute atomic E-state index is 10.8. The SMILES string of the molecule is O=CC1(Cc2cncs2)CCC1. The maximum atomic E-state index is 10.8. The lowest BCUT2D eigenvalue weighted by molar-refractivity contribution is -0.120. The first kappa shape index (κ1) is 7.92. The molecule has 3 heteroatoms. The summed E-state index contributed by atoms with van der Waals surface area (Å²) in [4.78, 5) is 16.1. The Kier molecular flexibility index (Phi) is 1.97. The van der Waals surface area contributed by atoms with Gasteiger partial charge in [0.2, 0.25) is 0 Å². The van der Waals surface area contributed by atoms with Crippen molar-refractivity contribution in [1.82, 2.24) is 4.98 Å². The van der Waals surface area contributed by atoms with Crippen molar-refractivity contribution in [3.8, 4) is 0 Å². The van der Waals surface area contributed by atoms with E-state index in [-0.39, 0.29) is 5.41 Å².